The fourth-order valence-corrected chi connectivity index (χ4v) is 2.54. The van der Waals surface area contributed by atoms with Crippen molar-refractivity contribution in [2.75, 3.05) is 14.2 Å². The average molecular weight is 339 g/mol. The van der Waals surface area contributed by atoms with Crippen molar-refractivity contribution in [2.45, 2.75) is 12.5 Å². The molecular weight excluding hydrogens is 323 g/mol. The third-order valence-electron chi connectivity index (χ3n) is 3.14. The maximum absolute atomic E-state index is 13.3. The monoisotopic (exact) mass is 338 g/mol. The van der Waals surface area contributed by atoms with E-state index in [4.69, 9.17) is 4.74 Å². The van der Waals surface area contributed by atoms with Gasteiger partial charge in [0.05, 0.1) is 13.3 Å². The van der Waals surface area contributed by atoms with Gasteiger partial charge < -0.3 is 10.1 Å². The minimum Gasteiger partial charge on any atom is -0.496 e. The Kier molecular flexibility index (Phi) is 5.09. The summed E-state index contributed by atoms with van der Waals surface area (Å²) in [4.78, 5) is 3.90. The summed E-state index contributed by atoms with van der Waals surface area (Å²) in [6.07, 6.45) is 3.56. The van der Waals surface area contributed by atoms with Crippen LogP contribution in [0.3, 0.4) is 0 Å². The van der Waals surface area contributed by atoms with Gasteiger partial charge in [-0.3, -0.25) is 4.98 Å². The summed E-state index contributed by atoms with van der Waals surface area (Å²) in [6, 6.07) is 7.33. The standard InChI is InChI=1S/C15H16BrFN2O/c1-18-14(11-6-13(17)9-19-8-11)7-10-5-12(16)3-4-15(10)20-2/h3-6,8-9,14,18H,7H2,1-2H3. The zero-order chi connectivity index (χ0) is 14.5. The average Bonchev–Trinajstić information content (AvgIpc) is 2.45. The molecule has 0 aliphatic carbocycles. The van der Waals surface area contributed by atoms with Crippen LogP contribution >= 0.6 is 15.9 Å². The highest BCUT2D eigenvalue weighted by Crippen LogP contribution is 2.27. The van der Waals surface area contributed by atoms with E-state index in [1.165, 1.54) is 12.3 Å². The van der Waals surface area contributed by atoms with Crippen molar-refractivity contribution in [2.24, 2.45) is 0 Å². The minimum atomic E-state index is -0.330. The van der Waals surface area contributed by atoms with Crippen LogP contribution in [0.4, 0.5) is 4.39 Å². The van der Waals surface area contributed by atoms with E-state index in [1.807, 2.05) is 25.2 Å². The van der Waals surface area contributed by atoms with Gasteiger partial charge in [0.2, 0.25) is 0 Å². The Labute approximate surface area is 126 Å². The SMILES string of the molecule is CNC(Cc1cc(Br)ccc1OC)c1cncc(F)c1. The number of benzene rings is 1. The number of likely N-dealkylation sites (N-methyl/N-ethyl adjacent to an activating group) is 1. The van der Waals surface area contributed by atoms with Gasteiger partial charge in [-0.25, -0.2) is 4.39 Å². The van der Waals surface area contributed by atoms with Gasteiger partial charge in [-0.05, 0) is 48.9 Å². The molecule has 0 radical (unpaired) electrons. The predicted octanol–water partition coefficient (Wildman–Crippen LogP) is 3.50. The van der Waals surface area contributed by atoms with Gasteiger partial charge >= 0.3 is 0 Å². The summed E-state index contributed by atoms with van der Waals surface area (Å²) in [5.74, 6) is 0.488. The number of aromatic nitrogens is 1. The van der Waals surface area contributed by atoms with Crippen LogP contribution in [-0.4, -0.2) is 19.1 Å². The Morgan fingerprint density at radius 1 is 1.35 bits per heavy atom. The number of rotatable bonds is 5. The van der Waals surface area contributed by atoms with Gasteiger partial charge in [0.25, 0.3) is 0 Å². The smallest absolute Gasteiger partial charge is 0.141 e. The van der Waals surface area contributed by atoms with E-state index in [0.717, 1.165) is 21.3 Å². The molecule has 1 N–H and O–H groups in total. The highest BCUT2D eigenvalue weighted by molar-refractivity contribution is 9.10. The summed E-state index contributed by atoms with van der Waals surface area (Å²) in [5, 5.41) is 3.19. The van der Waals surface area contributed by atoms with Crippen molar-refractivity contribution >= 4 is 15.9 Å². The van der Waals surface area contributed by atoms with Crippen LogP contribution in [0.25, 0.3) is 0 Å². The van der Waals surface area contributed by atoms with E-state index in [9.17, 15) is 4.39 Å². The first-order valence-corrected chi connectivity index (χ1v) is 7.03. The van der Waals surface area contributed by atoms with Crippen molar-refractivity contribution in [1.82, 2.24) is 10.3 Å². The number of ether oxygens (including phenoxy) is 1. The van der Waals surface area contributed by atoms with Gasteiger partial charge in [-0.15, -0.1) is 0 Å². The van der Waals surface area contributed by atoms with Crippen molar-refractivity contribution in [1.29, 1.82) is 0 Å². The van der Waals surface area contributed by atoms with E-state index in [0.29, 0.717) is 6.42 Å². The van der Waals surface area contributed by atoms with Crippen LogP contribution in [0.1, 0.15) is 17.2 Å². The number of hydrogen-bond donors (Lipinski definition) is 1. The Balaban J connectivity index is 2.28. The first-order chi connectivity index (χ1) is 9.63. The lowest BCUT2D eigenvalue weighted by atomic mass is 9.99. The number of nitrogens with zero attached hydrogens (tertiary/aromatic N) is 1. The fraction of sp³-hybridized carbons (Fsp3) is 0.267. The number of nitrogens with one attached hydrogen (secondary N) is 1. The fourth-order valence-electron chi connectivity index (χ4n) is 2.13. The molecule has 2 rings (SSSR count). The van der Waals surface area contributed by atoms with Crippen LogP contribution in [0.5, 0.6) is 5.75 Å². The molecule has 1 aromatic carbocycles. The van der Waals surface area contributed by atoms with Crippen molar-refractivity contribution in [3.05, 3.63) is 58.1 Å². The van der Waals surface area contributed by atoms with Gasteiger partial charge in [0.1, 0.15) is 11.6 Å². The zero-order valence-electron chi connectivity index (χ0n) is 11.4. The summed E-state index contributed by atoms with van der Waals surface area (Å²) in [5.41, 5.74) is 1.86. The first-order valence-electron chi connectivity index (χ1n) is 6.24. The van der Waals surface area contributed by atoms with E-state index < -0.39 is 0 Å². The van der Waals surface area contributed by atoms with Crippen molar-refractivity contribution < 1.29 is 9.13 Å². The molecule has 0 bridgehead atoms. The number of hydrogen-bond acceptors (Lipinski definition) is 3. The molecule has 0 amide bonds. The van der Waals surface area contributed by atoms with Gasteiger partial charge in [0, 0.05) is 16.7 Å². The normalized spacial score (nSPS) is 12.2. The van der Waals surface area contributed by atoms with Gasteiger partial charge in [-0.2, -0.15) is 0 Å². The molecular formula is C15H16BrFN2O. The maximum Gasteiger partial charge on any atom is 0.141 e. The molecule has 0 spiro atoms. The molecule has 0 saturated heterocycles. The second-order valence-electron chi connectivity index (χ2n) is 4.44. The number of pyridine rings is 1. The molecule has 2 aromatic rings. The summed E-state index contributed by atoms with van der Waals surface area (Å²) >= 11 is 3.46. The summed E-state index contributed by atoms with van der Waals surface area (Å²) < 4.78 is 19.6. The molecule has 0 aliphatic heterocycles. The third-order valence-corrected chi connectivity index (χ3v) is 3.64. The highest BCUT2D eigenvalue weighted by Gasteiger charge is 2.14. The van der Waals surface area contributed by atoms with E-state index in [1.54, 1.807) is 13.3 Å². The van der Waals surface area contributed by atoms with E-state index in [2.05, 4.69) is 26.2 Å². The number of methoxy groups -OCH3 is 1. The maximum atomic E-state index is 13.3. The molecule has 0 saturated carbocycles. The van der Waals surface area contributed by atoms with Gasteiger partial charge in [-0.1, -0.05) is 15.9 Å². The van der Waals surface area contributed by atoms with Crippen LogP contribution in [0.2, 0.25) is 0 Å². The quantitative estimate of drug-likeness (QED) is 0.905. The zero-order valence-corrected chi connectivity index (χ0v) is 12.9. The van der Waals surface area contributed by atoms with Gasteiger partial charge in [0.15, 0.2) is 0 Å². The first kappa shape index (κ1) is 14.9. The molecule has 1 unspecified atom stereocenters. The molecule has 106 valence electrons. The van der Waals surface area contributed by atoms with Crippen molar-refractivity contribution in [3.8, 4) is 5.75 Å². The molecule has 1 atom stereocenters. The second-order valence-corrected chi connectivity index (χ2v) is 5.35. The van der Waals surface area contributed by atoms with Crippen LogP contribution in [-0.2, 0) is 6.42 Å². The summed E-state index contributed by atoms with van der Waals surface area (Å²) in [6.45, 7) is 0. The number of halogens is 2. The second kappa shape index (κ2) is 6.81. The Morgan fingerprint density at radius 2 is 2.15 bits per heavy atom. The van der Waals surface area contributed by atoms with Crippen LogP contribution in [0, 0.1) is 5.82 Å². The summed E-state index contributed by atoms with van der Waals surface area (Å²) in [7, 11) is 3.49. The lowest BCUT2D eigenvalue weighted by Gasteiger charge is -2.18. The van der Waals surface area contributed by atoms with E-state index >= 15 is 0 Å². The highest BCUT2D eigenvalue weighted by atomic mass is 79.9. The molecule has 1 heterocycles. The Morgan fingerprint density at radius 3 is 2.80 bits per heavy atom. The minimum absolute atomic E-state index is 0.0265. The molecule has 20 heavy (non-hydrogen) atoms. The van der Waals surface area contributed by atoms with Crippen LogP contribution in [0.15, 0.2) is 41.1 Å². The molecule has 0 fully saturated rings. The molecule has 5 heteroatoms. The topological polar surface area (TPSA) is 34.1 Å². The molecule has 1 aromatic heterocycles. The van der Waals surface area contributed by atoms with Crippen LogP contribution < -0.4 is 10.1 Å². The largest absolute Gasteiger partial charge is 0.496 e. The predicted molar refractivity (Wildman–Crippen MR) is 80.4 cm³/mol. The van der Waals surface area contributed by atoms with Crippen molar-refractivity contribution in [3.63, 3.8) is 0 Å². The lowest BCUT2D eigenvalue weighted by molar-refractivity contribution is 0.406. The Hall–Kier alpha value is -1.46. The molecule has 3 nitrogen and oxygen atoms in total. The van der Waals surface area contributed by atoms with E-state index in [-0.39, 0.29) is 11.9 Å². The Bertz CT molecular complexity index is 592. The molecule has 0 aliphatic rings. The lowest BCUT2D eigenvalue weighted by Crippen LogP contribution is -2.19. The third kappa shape index (κ3) is 3.55.